The molecule has 0 amide bonds. The highest BCUT2D eigenvalue weighted by atomic mass is 35.5. The molecule has 1 fully saturated rings. The first kappa shape index (κ1) is 13.9. The van der Waals surface area contributed by atoms with Crippen molar-refractivity contribution in [3.8, 4) is 0 Å². The third kappa shape index (κ3) is 2.87. The molecule has 1 N–H and O–H groups in total. The topological polar surface area (TPSA) is 23.5 Å². The summed E-state index contributed by atoms with van der Waals surface area (Å²) in [5.74, 6) is 0.286. The van der Waals surface area contributed by atoms with Gasteiger partial charge in [0.2, 0.25) is 0 Å². The van der Waals surface area contributed by atoms with E-state index in [0.717, 1.165) is 29.8 Å². The molecular weight excluding hydrogens is 246 g/mol. The number of aliphatic hydroxyl groups excluding tert-OH is 1. The van der Waals surface area contributed by atoms with Crippen LogP contribution in [0.25, 0.3) is 0 Å². The van der Waals surface area contributed by atoms with E-state index in [2.05, 4.69) is 25.1 Å². The van der Waals surface area contributed by atoms with Gasteiger partial charge in [0.05, 0.1) is 6.10 Å². The van der Waals surface area contributed by atoms with Crippen LogP contribution in [-0.2, 0) is 0 Å². The molecule has 1 aliphatic rings. The summed E-state index contributed by atoms with van der Waals surface area (Å²) >= 11 is 6.32. The van der Waals surface area contributed by atoms with Crippen LogP contribution in [0.2, 0.25) is 5.02 Å². The Labute approximate surface area is 115 Å². The van der Waals surface area contributed by atoms with E-state index in [9.17, 15) is 5.11 Å². The Bertz CT molecular complexity index is 394. The first-order chi connectivity index (χ1) is 8.61. The maximum Gasteiger partial charge on any atom is 0.0586 e. The SMILES string of the molecule is CN(C)[C@@H](c1ccccc1Cl)[C@@H]1CCCC[C@H]1O. The maximum absolute atomic E-state index is 10.3. The van der Waals surface area contributed by atoms with E-state index < -0.39 is 0 Å². The van der Waals surface area contributed by atoms with Crippen molar-refractivity contribution in [1.82, 2.24) is 4.90 Å². The summed E-state index contributed by atoms with van der Waals surface area (Å²) in [5, 5.41) is 11.1. The second-order valence-corrected chi connectivity index (χ2v) is 5.85. The molecule has 2 rings (SSSR count). The van der Waals surface area contributed by atoms with E-state index in [1.165, 1.54) is 6.42 Å². The van der Waals surface area contributed by atoms with Crippen molar-refractivity contribution in [3.05, 3.63) is 34.9 Å². The van der Waals surface area contributed by atoms with Gasteiger partial charge in [-0.3, -0.25) is 0 Å². The van der Waals surface area contributed by atoms with Crippen molar-refractivity contribution in [2.75, 3.05) is 14.1 Å². The third-order valence-corrected chi connectivity index (χ3v) is 4.31. The van der Waals surface area contributed by atoms with Crippen molar-refractivity contribution in [3.63, 3.8) is 0 Å². The Hall–Kier alpha value is -0.570. The van der Waals surface area contributed by atoms with E-state index in [0.29, 0.717) is 0 Å². The van der Waals surface area contributed by atoms with Crippen LogP contribution in [0.3, 0.4) is 0 Å². The number of halogens is 1. The van der Waals surface area contributed by atoms with Gasteiger partial charge in [-0.2, -0.15) is 0 Å². The van der Waals surface area contributed by atoms with Gasteiger partial charge < -0.3 is 10.0 Å². The van der Waals surface area contributed by atoms with Gasteiger partial charge in [0, 0.05) is 17.0 Å². The molecule has 0 radical (unpaired) electrons. The van der Waals surface area contributed by atoms with Gasteiger partial charge in [-0.25, -0.2) is 0 Å². The van der Waals surface area contributed by atoms with Crippen molar-refractivity contribution < 1.29 is 5.11 Å². The molecule has 0 saturated heterocycles. The van der Waals surface area contributed by atoms with Gasteiger partial charge in [-0.1, -0.05) is 42.6 Å². The number of benzene rings is 1. The molecule has 1 aromatic rings. The zero-order chi connectivity index (χ0) is 13.1. The van der Waals surface area contributed by atoms with Crippen LogP contribution in [0.5, 0.6) is 0 Å². The lowest BCUT2D eigenvalue weighted by Gasteiger charge is -2.38. The lowest BCUT2D eigenvalue weighted by Crippen LogP contribution is -2.36. The molecule has 0 heterocycles. The predicted molar refractivity (Wildman–Crippen MR) is 75.8 cm³/mol. The fraction of sp³-hybridized carbons (Fsp3) is 0.600. The quantitative estimate of drug-likeness (QED) is 0.906. The highest BCUT2D eigenvalue weighted by molar-refractivity contribution is 6.31. The standard InChI is InChI=1S/C15H22ClNO/c1-17(2)15(11-7-3-5-9-13(11)16)12-8-4-6-10-14(12)18/h3,5,7,9,12,14-15,18H,4,6,8,10H2,1-2H3/t12-,14-,15+/m1/s1. The maximum atomic E-state index is 10.3. The molecule has 1 aromatic carbocycles. The summed E-state index contributed by atoms with van der Waals surface area (Å²) < 4.78 is 0. The van der Waals surface area contributed by atoms with Crippen LogP contribution in [-0.4, -0.2) is 30.2 Å². The molecule has 0 aliphatic heterocycles. The van der Waals surface area contributed by atoms with Crippen molar-refractivity contribution >= 4 is 11.6 Å². The summed E-state index contributed by atoms with van der Waals surface area (Å²) in [7, 11) is 4.13. The molecule has 18 heavy (non-hydrogen) atoms. The molecule has 100 valence electrons. The fourth-order valence-corrected chi connectivity index (χ4v) is 3.36. The lowest BCUT2D eigenvalue weighted by molar-refractivity contribution is 0.0221. The van der Waals surface area contributed by atoms with Crippen LogP contribution in [0, 0.1) is 5.92 Å². The molecule has 1 saturated carbocycles. The van der Waals surface area contributed by atoms with Gasteiger partial charge in [-0.15, -0.1) is 0 Å². The average Bonchev–Trinajstić information content (AvgIpc) is 2.34. The minimum absolute atomic E-state index is 0.203. The average molecular weight is 268 g/mol. The van der Waals surface area contributed by atoms with E-state index >= 15 is 0 Å². The van der Waals surface area contributed by atoms with Crippen LogP contribution >= 0.6 is 11.6 Å². The van der Waals surface area contributed by atoms with Crippen molar-refractivity contribution in [1.29, 1.82) is 0 Å². The highest BCUT2D eigenvalue weighted by Crippen LogP contribution is 2.39. The van der Waals surface area contributed by atoms with E-state index in [1.54, 1.807) is 0 Å². The van der Waals surface area contributed by atoms with Gasteiger partial charge >= 0.3 is 0 Å². The summed E-state index contributed by atoms with van der Waals surface area (Å²) in [4.78, 5) is 2.18. The van der Waals surface area contributed by atoms with E-state index in [4.69, 9.17) is 11.6 Å². The van der Waals surface area contributed by atoms with Gasteiger partial charge in [-0.05, 0) is 38.6 Å². The van der Waals surface area contributed by atoms with Crippen LogP contribution in [0.15, 0.2) is 24.3 Å². The Morgan fingerprint density at radius 3 is 2.50 bits per heavy atom. The Morgan fingerprint density at radius 2 is 1.89 bits per heavy atom. The van der Waals surface area contributed by atoms with Crippen molar-refractivity contribution in [2.24, 2.45) is 5.92 Å². The van der Waals surface area contributed by atoms with Crippen LogP contribution < -0.4 is 0 Å². The molecule has 0 bridgehead atoms. The van der Waals surface area contributed by atoms with Gasteiger partial charge in [0.1, 0.15) is 0 Å². The summed E-state index contributed by atoms with van der Waals surface area (Å²) in [6, 6.07) is 8.19. The minimum Gasteiger partial charge on any atom is -0.393 e. The fourth-order valence-electron chi connectivity index (χ4n) is 3.11. The number of hydrogen-bond donors (Lipinski definition) is 1. The second-order valence-electron chi connectivity index (χ2n) is 5.45. The molecule has 3 atom stereocenters. The summed E-state index contributed by atoms with van der Waals surface area (Å²) in [5.41, 5.74) is 1.13. The summed E-state index contributed by atoms with van der Waals surface area (Å²) in [6.45, 7) is 0. The highest BCUT2D eigenvalue weighted by Gasteiger charge is 2.33. The first-order valence-corrected chi connectivity index (χ1v) is 7.08. The Kier molecular flexibility index (Phi) is 4.66. The third-order valence-electron chi connectivity index (χ3n) is 3.97. The monoisotopic (exact) mass is 267 g/mol. The van der Waals surface area contributed by atoms with Crippen molar-refractivity contribution in [2.45, 2.75) is 37.8 Å². The molecule has 3 heteroatoms. The van der Waals surface area contributed by atoms with Gasteiger partial charge in [0.25, 0.3) is 0 Å². The normalized spacial score (nSPS) is 26.3. The molecule has 1 aliphatic carbocycles. The summed E-state index contributed by atoms with van der Waals surface area (Å²) in [6.07, 6.45) is 4.13. The lowest BCUT2D eigenvalue weighted by atomic mass is 9.78. The molecule has 0 aromatic heterocycles. The molecule has 2 nitrogen and oxygen atoms in total. The van der Waals surface area contributed by atoms with E-state index in [1.807, 2.05) is 18.2 Å². The smallest absolute Gasteiger partial charge is 0.0586 e. The predicted octanol–water partition coefficient (Wildman–Crippen LogP) is 3.49. The second kappa shape index (κ2) is 6.05. The molecule has 0 spiro atoms. The first-order valence-electron chi connectivity index (χ1n) is 6.70. The largest absolute Gasteiger partial charge is 0.393 e. The number of nitrogens with zero attached hydrogens (tertiary/aromatic N) is 1. The Morgan fingerprint density at radius 1 is 1.22 bits per heavy atom. The minimum atomic E-state index is -0.206. The molecule has 0 unspecified atom stereocenters. The zero-order valence-corrected chi connectivity index (χ0v) is 11.9. The number of hydrogen-bond acceptors (Lipinski definition) is 2. The van der Waals surface area contributed by atoms with Crippen LogP contribution in [0.4, 0.5) is 0 Å². The number of rotatable bonds is 3. The number of aliphatic hydroxyl groups is 1. The van der Waals surface area contributed by atoms with E-state index in [-0.39, 0.29) is 18.1 Å². The van der Waals surface area contributed by atoms with Gasteiger partial charge in [0.15, 0.2) is 0 Å². The zero-order valence-electron chi connectivity index (χ0n) is 11.1. The molecular formula is C15H22ClNO. The Balaban J connectivity index is 2.31. The van der Waals surface area contributed by atoms with Crippen LogP contribution in [0.1, 0.15) is 37.3 Å².